The Kier molecular flexibility index (Phi) is 6.18. The van der Waals surface area contributed by atoms with Gasteiger partial charge in [0, 0.05) is 19.3 Å². The number of rotatable bonds is 5. The average Bonchev–Trinajstić information content (AvgIpc) is 2.69. The van der Waals surface area contributed by atoms with Crippen LogP contribution in [0, 0.1) is 0 Å². The molecule has 0 atom stereocenters. The van der Waals surface area contributed by atoms with Crippen molar-refractivity contribution in [2.75, 3.05) is 17.7 Å². The molecule has 0 aliphatic rings. The summed E-state index contributed by atoms with van der Waals surface area (Å²) < 4.78 is 0. The van der Waals surface area contributed by atoms with Gasteiger partial charge < -0.3 is 15.5 Å². The first-order chi connectivity index (χ1) is 13.1. The van der Waals surface area contributed by atoms with E-state index < -0.39 is 0 Å². The van der Waals surface area contributed by atoms with E-state index in [-0.39, 0.29) is 5.91 Å². The molecule has 0 saturated carbocycles. The topological polar surface area (TPSA) is 44.4 Å². The Morgan fingerprint density at radius 1 is 0.852 bits per heavy atom. The predicted molar refractivity (Wildman–Crippen MR) is 115 cm³/mol. The van der Waals surface area contributed by atoms with Gasteiger partial charge in [0.15, 0.2) is 5.11 Å². The Morgan fingerprint density at radius 2 is 1.44 bits per heavy atom. The second-order valence-electron chi connectivity index (χ2n) is 6.14. The summed E-state index contributed by atoms with van der Waals surface area (Å²) in [7, 11) is 1.80. The van der Waals surface area contributed by atoms with Crippen LogP contribution in [-0.2, 0) is 6.54 Å². The highest BCUT2D eigenvalue weighted by molar-refractivity contribution is 7.80. The smallest absolute Gasteiger partial charge is 0.256 e. The van der Waals surface area contributed by atoms with Crippen molar-refractivity contribution in [2.24, 2.45) is 0 Å². The van der Waals surface area contributed by atoms with Crippen molar-refractivity contribution < 1.29 is 4.79 Å². The fourth-order valence-electron chi connectivity index (χ4n) is 2.72. The van der Waals surface area contributed by atoms with Gasteiger partial charge in [-0.2, -0.15) is 0 Å². The second kappa shape index (κ2) is 8.96. The second-order valence-corrected chi connectivity index (χ2v) is 6.55. The molecule has 1 amide bonds. The number of amides is 1. The first-order valence-electron chi connectivity index (χ1n) is 8.65. The van der Waals surface area contributed by atoms with Crippen LogP contribution in [0.25, 0.3) is 0 Å². The number of thiocarbonyl (C=S) groups is 1. The molecule has 3 aromatic rings. The first-order valence-corrected chi connectivity index (χ1v) is 9.06. The monoisotopic (exact) mass is 375 g/mol. The number of hydrogen-bond donors (Lipinski definition) is 2. The van der Waals surface area contributed by atoms with E-state index in [1.807, 2.05) is 78.9 Å². The maximum absolute atomic E-state index is 12.9. The van der Waals surface area contributed by atoms with Crippen molar-refractivity contribution in [3.63, 3.8) is 0 Å². The standard InChI is InChI=1S/C22H21N3OS/c1-25(16-17-10-4-2-5-11-17)21(26)19-14-8-9-15-20(19)24-22(27)23-18-12-6-3-7-13-18/h2-15H,16H2,1H3,(H2,23,24,27). The minimum atomic E-state index is -0.0653. The van der Waals surface area contributed by atoms with Crippen molar-refractivity contribution in [1.29, 1.82) is 0 Å². The molecule has 0 unspecified atom stereocenters. The molecule has 0 aliphatic heterocycles. The third kappa shape index (κ3) is 5.15. The minimum Gasteiger partial charge on any atom is -0.337 e. The fourth-order valence-corrected chi connectivity index (χ4v) is 2.95. The van der Waals surface area contributed by atoms with Crippen LogP contribution >= 0.6 is 12.2 Å². The molecule has 3 rings (SSSR count). The van der Waals surface area contributed by atoms with Gasteiger partial charge in [-0.05, 0) is 42.0 Å². The number of anilines is 2. The Hall–Kier alpha value is -3.18. The summed E-state index contributed by atoms with van der Waals surface area (Å²) in [5.41, 5.74) is 3.23. The third-order valence-corrected chi connectivity index (χ3v) is 4.25. The minimum absolute atomic E-state index is 0.0653. The number of nitrogens with one attached hydrogen (secondary N) is 2. The largest absolute Gasteiger partial charge is 0.337 e. The van der Waals surface area contributed by atoms with Crippen molar-refractivity contribution in [1.82, 2.24) is 4.90 Å². The van der Waals surface area contributed by atoms with Gasteiger partial charge in [0.25, 0.3) is 5.91 Å². The normalized spacial score (nSPS) is 10.1. The van der Waals surface area contributed by atoms with Crippen LogP contribution in [0.3, 0.4) is 0 Å². The van der Waals surface area contributed by atoms with E-state index in [0.29, 0.717) is 22.9 Å². The van der Waals surface area contributed by atoms with Crippen LogP contribution in [0.5, 0.6) is 0 Å². The van der Waals surface area contributed by atoms with Gasteiger partial charge in [-0.3, -0.25) is 4.79 Å². The van der Waals surface area contributed by atoms with E-state index in [2.05, 4.69) is 10.6 Å². The zero-order chi connectivity index (χ0) is 19.1. The van der Waals surface area contributed by atoms with Gasteiger partial charge >= 0.3 is 0 Å². The lowest BCUT2D eigenvalue weighted by Crippen LogP contribution is -2.28. The van der Waals surface area contributed by atoms with Crippen LogP contribution in [0.2, 0.25) is 0 Å². The molecule has 0 fully saturated rings. The highest BCUT2D eigenvalue weighted by atomic mass is 32.1. The molecule has 0 saturated heterocycles. The highest BCUT2D eigenvalue weighted by Crippen LogP contribution is 2.18. The molecule has 0 heterocycles. The summed E-state index contributed by atoms with van der Waals surface area (Å²) in [4.78, 5) is 14.6. The number of nitrogens with zero attached hydrogens (tertiary/aromatic N) is 1. The molecular formula is C22H21N3OS. The molecule has 0 radical (unpaired) electrons. The van der Waals surface area contributed by atoms with E-state index in [9.17, 15) is 4.79 Å². The number of benzene rings is 3. The quantitative estimate of drug-likeness (QED) is 0.631. The zero-order valence-electron chi connectivity index (χ0n) is 15.1. The Morgan fingerprint density at radius 3 is 2.15 bits per heavy atom. The Labute approximate surface area is 164 Å². The van der Waals surface area contributed by atoms with E-state index in [4.69, 9.17) is 12.2 Å². The summed E-state index contributed by atoms with van der Waals surface area (Å²) in [6, 6.07) is 27.0. The van der Waals surface area contributed by atoms with Crippen molar-refractivity contribution in [3.05, 3.63) is 96.1 Å². The Balaban J connectivity index is 1.71. The van der Waals surface area contributed by atoms with Crippen molar-refractivity contribution >= 4 is 34.6 Å². The lowest BCUT2D eigenvalue weighted by Gasteiger charge is -2.20. The first kappa shape index (κ1) is 18.6. The van der Waals surface area contributed by atoms with Gasteiger partial charge in [0.1, 0.15) is 0 Å². The number of para-hydroxylation sites is 2. The van der Waals surface area contributed by atoms with Gasteiger partial charge in [-0.15, -0.1) is 0 Å². The van der Waals surface area contributed by atoms with Crippen LogP contribution in [0.4, 0.5) is 11.4 Å². The van der Waals surface area contributed by atoms with E-state index >= 15 is 0 Å². The molecule has 0 aromatic heterocycles. The fraction of sp³-hybridized carbons (Fsp3) is 0.0909. The van der Waals surface area contributed by atoms with Crippen LogP contribution in [0.15, 0.2) is 84.9 Å². The van der Waals surface area contributed by atoms with Gasteiger partial charge in [-0.1, -0.05) is 60.7 Å². The van der Waals surface area contributed by atoms with Crippen LogP contribution in [0.1, 0.15) is 15.9 Å². The Bertz CT molecular complexity index is 913. The maximum atomic E-state index is 12.9. The molecule has 4 nitrogen and oxygen atoms in total. The number of hydrogen-bond acceptors (Lipinski definition) is 2. The average molecular weight is 375 g/mol. The van der Waals surface area contributed by atoms with Crippen molar-refractivity contribution in [3.8, 4) is 0 Å². The number of carbonyl (C=O) groups excluding carboxylic acids is 1. The maximum Gasteiger partial charge on any atom is 0.256 e. The molecule has 27 heavy (non-hydrogen) atoms. The molecule has 0 spiro atoms. The van der Waals surface area contributed by atoms with Gasteiger partial charge in [0.05, 0.1) is 11.3 Å². The lowest BCUT2D eigenvalue weighted by atomic mass is 10.1. The zero-order valence-corrected chi connectivity index (χ0v) is 15.9. The van der Waals surface area contributed by atoms with Crippen LogP contribution < -0.4 is 10.6 Å². The molecule has 2 N–H and O–H groups in total. The van der Waals surface area contributed by atoms with Gasteiger partial charge in [-0.25, -0.2) is 0 Å². The third-order valence-electron chi connectivity index (χ3n) is 4.05. The van der Waals surface area contributed by atoms with Crippen molar-refractivity contribution in [2.45, 2.75) is 6.54 Å². The highest BCUT2D eigenvalue weighted by Gasteiger charge is 2.16. The predicted octanol–water partition coefficient (Wildman–Crippen LogP) is 4.77. The van der Waals surface area contributed by atoms with Gasteiger partial charge in [0.2, 0.25) is 0 Å². The van der Waals surface area contributed by atoms with Crippen LogP contribution in [-0.4, -0.2) is 23.0 Å². The SMILES string of the molecule is CN(Cc1ccccc1)C(=O)c1ccccc1NC(=S)Nc1ccccc1. The molecule has 3 aromatic carbocycles. The van der Waals surface area contributed by atoms with E-state index in [1.165, 1.54) is 0 Å². The lowest BCUT2D eigenvalue weighted by molar-refractivity contribution is 0.0786. The molecular weight excluding hydrogens is 354 g/mol. The summed E-state index contributed by atoms with van der Waals surface area (Å²) in [6.07, 6.45) is 0. The number of carbonyl (C=O) groups is 1. The summed E-state index contributed by atoms with van der Waals surface area (Å²) in [5, 5.41) is 6.69. The summed E-state index contributed by atoms with van der Waals surface area (Å²) >= 11 is 5.39. The summed E-state index contributed by atoms with van der Waals surface area (Å²) in [5.74, 6) is -0.0653. The summed E-state index contributed by atoms with van der Waals surface area (Å²) in [6.45, 7) is 0.542. The molecule has 0 bridgehead atoms. The molecule has 5 heteroatoms. The van der Waals surface area contributed by atoms with E-state index in [1.54, 1.807) is 18.0 Å². The molecule has 0 aliphatic carbocycles. The van der Waals surface area contributed by atoms with E-state index in [0.717, 1.165) is 11.3 Å². The molecule has 136 valence electrons.